The molecule has 0 N–H and O–H groups in total. The molecule has 0 aliphatic heterocycles. The van der Waals surface area contributed by atoms with Crippen molar-refractivity contribution in [3.63, 3.8) is 0 Å². The van der Waals surface area contributed by atoms with Gasteiger partial charge in [-0.05, 0) is 37.5 Å². The maximum atomic E-state index is 10.7. The minimum atomic E-state index is -0.158. The molecule has 0 unspecified atom stereocenters. The summed E-state index contributed by atoms with van der Waals surface area (Å²) in [5.74, 6) is 1.24. The third kappa shape index (κ3) is 5.71. The van der Waals surface area contributed by atoms with Gasteiger partial charge in [-0.25, -0.2) is 0 Å². The number of hydrogen-bond acceptors (Lipinski definition) is 2. The fourth-order valence-electron chi connectivity index (χ4n) is 2.41. The van der Waals surface area contributed by atoms with Crippen LogP contribution in [-0.2, 0) is 9.53 Å². The minimum Gasteiger partial charge on any atom is -0.466 e. The largest absolute Gasteiger partial charge is 0.466 e. The van der Waals surface area contributed by atoms with Gasteiger partial charge in [0.05, 0.1) is 6.61 Å². The van der Waals surface area contributed by atoms with Gasteiger partial charge in [-0.1, -0.05) is 37.6 Å². The molecule has 2 nitrogen and oxygen atoms in total. The Morgan fingerprint density at radius 3 is 2.41 bits per heavy atom. The van der Waals surface area contributed by atoms with Crippen molar-refractivity contribution in [1.82, 2.24) is 0 Å². The van der Waals surface area contributed by atoms with Crippen LogP contribution in [0, 0.1) is 11.8 Å². The molecule has 96 valence electrons. The van der Waals surface area contributed by atoms with E-state index in [1.807, 2.05) is 6.08 Å². The van der Waals surface area contributed by atoms with Crippen molar-refractivity contribution in [3.05, 3.63) is 24.8 Å². The molecule has 0 heterocycles. The zero-order chi connectivity index (χ0) is 12.7. The highest BCUT2D eigenvalue weighted by Gasteiger charge is 2.21. The van der Waals surface area contributed by atoms with Crippen LogP contribution in [0.2, 0.25) is 0 Å². The Balaban J connectivity index is 2.15. The Bertz CT molecular complexity index is 273. The maximum absolute atomic E-state index is 10.7. The van der Waals surface area contributed by atoms with Crippen molar-refractivity contribution in [2.24, 2.45) is 11.8 Å². The monoisotopic (exact) mass is 236 g/mol. The first kappa shape index (κ1) is 14.0. The first-order valence-electron chi connectivity index (χ1n) is 6.55. The van der Waals surface area contributed by atoms with E-state index in [1.165, 1.54) is 39.0 Å². The number of allylic oxidation sites excluding steroid dienone is 2. The molecule has 1 saturated carbocycles. The highest BCUT2D eigenvalue weighted by Crippen LogP contribution is 2.32. The normalized spacial score (nSPS) is 24.1. The summed E-state index contributed by atoms with van der Waals surface area (Å²) in [5.41, 5.74) is 1.15. The summed E-state index contributed by atoms with van der Waals surface area (Å²) in [6.45, 7) is 9.77. The summed E-state index contributed by atoms with van der Waals surface area (Å²) in [5, 5.41) is 0. The van der Waals surface area contributed by atoms with E-state index in [-0.39, 0.29) is 5.97 Å². The number of carbonyl (C=O) groups excluding carboxylic acids is 1. The van der Waals surface area contributed by atoms with Gasteiger partial charge in [0.1, 0.15) is 0 Å². The van der Waals surface area contributed by atoms with Gasteiger partial charge < -0.3 is 4.74 Å². The Morgan fingerprint density at radius 1 is 1.29 bits per heavy atom. The third-order valence-electron chi connectivity index (χ3n) is 3.65. The van der Waals surface area contributed by atoms with Gasteiger partial charge in [-0.3, -0.25) is 4.79 Å². The number of esters is 1. The van der Waals surface area contributed by atoms with Crippen molar-refractivity contribution in [2.75, 3.05) is 6.61 Å². The standard InChI is InChI=1S/C15H24O2/c1-4-12(2)5-6-14-7-9-15(10-8-14)11-17-13(3)16/h4,14-15H,1-2,5-11H2,3H3. The Hall–Kier alpha value is -1.05. The molecule has 1 rings (SSSR count). The molecule has 0 aromatic heterocycles. The second-order valence-electron chi connectivity index (χ2n) is 5.09. The molecular weight excluding hydrogens is 212 g/mol. The Kier molecular flexibility index (Phi) is 6.03. The molecule has 0 bridgehead atoms. The van der Waals surface area contributed by atoms with Crippen LogP contribution in [0.3, 0.4) is 0 Å². The van der Waals surface area contributed by atoms with Crippen molar-refractivity contribution in [1.29, 1.82) is 0 Å². The predicted molar refractivity (Wildman–Crippen MR) is 70.7 cm³/mol. The van der Waals surface area contributed by atoms with E-state index >= 15 is 0 Å². The number of hydrogen-bond donors (Lipinski definition) is 0. The number of ether oxygens (including phenoxy) is 1. The topological polar surface area (TPSA) is 26.3 Å². The minimum absolute atomic E-state index is 0.158. The van der Waals surface area contributed by atoms with Gasteiger partial charge in [-0.2, -0.15) is 0 Å². The molecule has 0 amide bonds. The summed E-state index contributed by atoms with van der Waals surface area (Å²) in [6, 6.07) is 0. The summed E-state index contributed by atoms with van der Waals surface area (Å²) < 4.78 is 5.07. The van der Waals surface area contributed by atoms with E-state index in [4.69, 9.17) is 4.74 Å². The van der Waals surface area contributed by atoms with E-state index in [9.17, 15) is 4.79 Å². The quantitative estimate of drug-likeness (QED) is 0.517. The predicted octanol–water partition coefficient (Wildman–Crippen LogP) is 3.88. The molecule has 1 aliphatic rings. The molecule has 0 spiro atoms. The van der Waals surface area contributed by atoms with Crippen molar-refractivity contribution in [2.45, 2.75) is 45.4 Å². The first-order chi connectivity index (χ1) is 8.11. The lowest BCUT2D eigenvalue weighted by Gasteiger charge is -2.28. The van der Waals surface area contributed by atoms with Crippen LogP contribution in [0.15, 0.2) is 24.8 Å². The molecule has 0 aromatic rings. The van der Waals surface area contributed by atoms with Crippen LogP contribution in [0.25, 0.3) is 0 Å². The van der Waals surface area contributed by atoms with E-state index < -0.39 is 0 Å². The van der Waals surface area contributed by atoms with Crippen molar-refractivity contribution in [3.8, 4) is 0 Å². The van der Waals surface area contributed by atoms with E-state index in [1.54, 1.807) is 0 Å². The van der Waals surface area contributed by atoms with Crippen molar-refractivity contribution >= 4 is 5.97 Å². The fraction of sp³-hybridized carbons (Fsp3) is 0.667. The van der Waals surface area contributed by atoms with E-state index in [0.717, 1.165) is 17.9 Å². The molecular formula is C15H24O2. The van der Waals surface area contributed by atoms with Gasteiger partial charge in [0, 0.05) is 6.92 Å². The molecule has 0 saturated heterocycles. The lowest BCUT2D eigenvalue weighted by atomic mass is 9.80. The van der Waals surface area contributed by atoms with Crippen LogP contribution in [-0.4, -0.2) is 12.6 Å². The molecule has 0 atom stereocenters. The fourth-order valence-corrected chi connectivity index (χ4v) is 2.41. The van der Waals surface area contributed by atoms with Crippen LogP contribution in [0.4, 0.5) is 0 Å². The third-order valence-corrected chi connectivity index (χ3v) is 3.65. The van der Waals surface area contributed by atoms with Gasteiger partial charge in [0.2, 0.25) is 0 Å². The lowest BCUT2D eigenvalue weighted by molar-refractivity contribution is -0.142. The van der Waals surface area contributed by atoms with Gasteiger partial charge in [-0.15, -0.1) is 0 Å². The molecule has 0 radical (unpaired) electrons. The zero-order valence-electron chi connectivity index (χ0n) is 10.9. The van der Waals surface area contributed by atoms with Gasteiger partial charge in [0.25, 0.3) is 0 Å². The van der Waals surface area contributed by atoms with E-state index in [2.05, 4.69) is 13.2 Å². The Labute approximate surface area is 105 Å². The van der Waals surface area contributed by atoms with Crippen LogP contribution in [0.1, 0.15) is 45.4 Å². The Morgan fingerprint density at radius 2 is 1.88 bits per heavy atom. The molecule has 17 heavy (non-hydrogen) atoms. The van der Waals surface area contributed by atoms with Crippen molar-refractivity contribution < 1.29 is 9.53 Å². The zero-order valence-corrected chi connectivity index (χ0v) is 10.9. The maximum Gasteiger partial charge on any atom is 0.302 e. The van der Waals surface area contributed by atoms with E-state index in [0.29, 0.717) is 12.5 Å². The highest BCUT2D eigenvalue weighted by molar-refractivity contribution is 5.65. The SMILES string of the molecule is C=CC(=C)CCC1CCC(COC(C)=O)CC1. The van der Waals surface area contributed by atoms with Crippen LogP contribution < -0.4 is 0 Å². The summed E-state index contributed by atoms with van der Waals surface area (Å²) in [6.07, 6.45) is 9.06. The smallest absolute Gasteiger partial charge is 0.302 e. The summed E-state index contributed by atoms with van der Waals surface area (Å²) >= 11 is 0. The molecule has 1 fully saturated rings. The average molecular weight is 236 g/mol. The van der Waals surface area contributed by atoms with Gasteiger partial charge >= 0.3 is 5.97 Å². The molecule has 2 heteroatoms. The number of carbonyl (C=O) groups is 1. The van der Waals surface area contributed by atoms with Gasteiger partial charge in [0.15, 0.2) is 0 Å². The first-order valence-corrected chi connectivity index (χ1v) is 6.55. The summed E-state index contributed by atoms with van der Waals surface area (Å²) in [7, 11) is 0. The second kappa shape index (κ2) is 7.31. The lowest BCUT2D eigenvalue weighted by Crippen LogP contribution is -2.19. The second-order valence-corrected chi connectivity index (χ2v) is 5.09. The average Bonchev–Trinajstić information content (AvgIpc) is 2.34. The molecule has 0 aromatic carbocycles. The molecule has 1 aliphatic carbocycles. The van der Waals surface area contributed by atoms with Crippen LogP contribution in [0.5, 0.6) is 0 Å². The van der Waals surface area contributed by atoms with Crippen LogP contribution >= 0.6 is 0 Å². The summed E-state index contributed by atoms with van der Waals surface area (Å²) in [4.78, 5) is 10.7. The number of rotatable bonds is 6. The highest BCUT2D eigenvalue weighted by atomic mass is 16.5.